The van der Waals surface area contributed by atoms with Crippen molar-refractivity contribution in [1.29, 1.82) is 0 Å². The Bertz CT molecular complexity index is 775. The van der Waals surface area contributed by atoms with Gasteiger partial charge in [-0.05, 0) is 42.7 Å². The number of benzene rings is 2. The number of nitrogens with zero attached hydrogens (tertiary/aromatic N) is 1. The van der Waals surface area contributed by atoms with Crippen molar-refractivity contribution < 1.29 is 14.3 Å². The van der Waals surface area contributed by atoms with E-state index in [1.54, 1.807) is 25.3 Å². The number of nitrogens with one attached hydrogen (secondary N) is 1. The van der Waals surface area contributed by atoms with E-state index in [1.165, 1.54) is 6.21 Å². The minimum absolute atomic E-state index is 0.268. The fourth-order valence-corrected chi connectivity index (χ4v) is 2.49. The summed E-state index contributed by atoms with van der Waals surface area (Å²) >= 11 is 6.25. The fraction of sp³-hybridized carbons (Fsp3) is 0.263. The van der Waals surface area contributed by atoms with Crippen molar-refractivity contribution in [2.45, 2.75) is 20.3 Å². The van der Waals surface area contributed by atoms with Crippen LogP contribution in [0.5, 0.6) is 11.5 Å². The molecule has 0 heterocycles. The summed E-state index contributed by atoms with van der Waals surface area (Å²) in [6.07, 6.45) is 2.38. The number of methoxy groups -OCH3 is 1. The second-order valence-electron chi connectivity index (χ2n) is 5.40. The van der Waals surface area contributed by atoms with Gasteiger partial charge in [-0.15, -0.1) is 0 Å². The highest BCUT2D eigenvalue weighted by Crippen LogP contribution is 2.36. The highest BCUT2D eigenvalue weighted by atomic mass is 35.5. The number of carbonyl (C=O) groups excluding carboxylic acids is 1. The quantitative estimate of drug-likeness (QED) is 0.594. The molecule has 0 unspecified atom stereocenters. The lowest BCUT2D eigenvalue weighted by molar-refractivity contribution is 0.0954. The summed E-state index contributed by atoms with van der Waals surface area (Å²) in [5, 5.41) is 4.42. The normalized spacial score (nSPS) is 10.7. The minimum Gasteiger partial charge on any atom is -0.493 e. The predicted molar refractivity (Wildman–Crippen MR) is 100 cm³/mol. The van der Waals surface area contributed by atoms with Gasteiger partial charge in [0.25, 0.3) is 5.91 Å². The molecule has 1 amide bonds. The van der Waals surface area contributed by atoms with E-state index in [0.29, 0.717) is 34.3 Å². The molecule has 0 aliphatic rings. The molecule has 6 heteroatoms. The molecule has 0 fully saturated rings. The molecule has 2 rings (SSSR count). The Kier molecular flexibility index (Phi) is 6.83. The van der Waals surface area contributed by atoms with Crippen LogP contribution in [-0.4, -0.2) is 25.8 Å². The van der Waals surface area contributed by atoms with Crippen molar-refractivity contribution in [2.24, 2.45) is 5.10 Å². The van der Waals surface area contributed by atoms with E-state index >= 15 is 0 Å². The number of carbonyl (C=O) groups is 1. The number of hydrogen-bond donors (Lipinski definition) is 1. The first kappa shape index (κ1) is 18.8. The smallest absolute Gasteiger partial charge is 0.271 e. The topological polar surface area (TPSA) is 59.9 Å². The summed E-state index contributed by atoms with van der Waals surface area (Å²) < 4.78 is 10.9. The van der Waals surface area contributed by atoms with Gasteiger partial charge in [0.1, 0.15) is 0 Å². The second-order valence-corrected chi connectivity index (χ2v) is 5.80. The summed E-state index contributed by atoms with van der Waals surface area (Å²) in [6, 6.07) is 10.8. The van der Waals surface area contributed by atoms with Crippen LogP contribution in [0.1, 0.15) is 34.8 Å². The van der Waals surface area contributed by atoms with Crippen LogP contribution >= 0.6 is 11.6 Å². The van der Waals surface area contributed by atoms with E-state index in [4.69, 9.17) is 21.1 Å². The van der Waals surface area contributed by atoms with Gasteiger partial charge < -0.3 is 9.47 Å². The Balaban J connectivity index is 2.12. The summed E-state index contributed by atoms with van der Waals surface area (Å²) in [7, 11) is 1.55. The number of amides is 1. The average Bonchev–Trinajstić information content (AvgIpc) is 2.60. The lowest BCUT2D eigenvalue weighted by Gasteiger charge is -2.12. The third-order valence-corrected chi connectivity index (χ3v) is 3.75. The van der Waals surface area contributed by atoms with E-state index in [1.807, 2.05) is 32.0 Å². The summed E-state index contributed by atoms with van der Waals surface area (Å²) in [5.74, 6) is 0.759. The van der Waals surface area contributed by atoms with Gasteiger partial charge in [-0.1, -0.05) is 36.7 Å². The highest BCUT2D eigenvalue weighted by molar-refractivity contribution is 6.32. The van der Waals surface area contributed by atoms with Crippen LogP contribution in [0.25, 0.3) is 0 Å². The molecule has 25 heavy (non-hydrogen) atoms. The van der Waals surface area contributed by atoms with Crippen LogP contribution in [0.3, 0.4) is 0 Å². The molecule has 1 N–H and O–H groups in total. The average molecular weight is 361 g/mol. The zero-order valence-electron chi connectivity index (χ0n) is 14.5. The molecule has 2 aromatic carbocycles. The van der Waals surface area contributed by atoms with E-state index in [-0.39, 0.29) is 5.91 Å². The maximum Gasteiger partial charge on any atom is 0.271 e. The molecule has 0 radical (unpaired) electrons. The first-order chi connectivity index (χ1) is 12.1. The summed E-state index contributed by atoms with van der Waals surface area (Å²) in [5.41, 5.74) is 4.67. The third kappa shape index (κ3) is 4.97. The van der Waals surface area contributed by atoms with Gasteiger partial charge in [-0.25, -0.2) is 5.43 Å². The number of aryl methyl sites for hydroxylation is 1. The van der Waals surface area contributed by atoms with Gasteiger partial charge in [-0.3, -0.25) is 4.79 Å². The van der Waals surface area contributed by atoms with Gasteiger partial charge in [0.15, 0.2) is 11.5 Å². The molecular weight excluding hydrogens is 340 g/mol. The fourth-order valence-electron chi connectivity index (χ4n) is 2.21. The molecule has 132 valence electrons. The van der Waals surface area contributed by atoms with E-state index in [2.05, 4.69) is 10.5 Å². The summed E-state index contributed by atoms with van der Waals surface area (Å²) in [4.78, 5) is 12.1. The van der Waals surface area contributed by atoms with Crippen molar-refractivity contribution in [3.8, 4) is 11.5 Å². The molecule has 0 spiro atoms. The van der Waals surface area contributed by atoms with Gasteiger partial charge in [0.05, 0.1) is 25.0 Å². The van der Waals surface area contributed by atoms with Crippen LogP contribution in [0.2, 0.25) is 5.02 Å². The number of hydrogen-bond acceptors (Lipinski definition) is 4. The molecule has 0 aliphatic carbocycles. The molecule has 5 nitrogen and oxygen atoms in total. The van der Waals surface area contributed by atoms with Crippen LogP contribution < -0.4 is 14.9 Å². The van der Waals surface area contributed by atoms with Crippen LogP contribution in [-0.2, 0) is 0 Å². The largest absolute Gasteiger partial charge is 0.493 e. The van der Waals surface area contributed by atoms with Crippen molar-refractivity contribution >= 4 is 23.7 Å². The van der Waals surface area contributed by atoms with Crippen molar-refractivity contribution in [1.82, 2.24) is 5.43 Å². The maximum atomic E-state index is 12.1. The molecule has 0 atom stereocenters. The third-order valence-electron chi connectivity index (χ3n) is 3.47. The molecule has 0 saturated heterocycles. The van der Waals surface area contributed by atoms with Crippen LogP contribution in [0.15, 0.2) is 41.5 Å². The molecule has 0 aromatic heterocycles. The van der Waals surface area contributed by atoms with Gasteiger partial charge >= 0.3 is 0 Å². The number of rotatable bonds is 7. The monoisotopic (exact) mass is 360 g/mol. The SMILES string of the molecule is CCCOc1c(Cl)cc(/C=N\NC(=O)c2ccccc2C)cc1OC. The van der Waals surface area contributed by atoms with Crippen LogP contribution in [0, 0.1) is 6.92 Å². The van der Waals surface area contributed by atoms with Gasteiger partial charge in [0, 0.05) is 5.56 Å². The molecule has 2 aromatic rings. The van der Waals surface area contributed by atoms with E-state index in [9.17, 15) is 4.79 Å². The standard InChI is InChI=1S/C19H21ClN2O3/c1-4-9-25-18-16(20)10-14(11-17(18)24-3)12-21-22-19(23)15-8-6-5-7-13(15)2/h5-8,10-12H,4,9H2,1-3H3,(H,22,23)/b21-12-. The van der Waals surface area contributed by atoms with Gasteiger partial charge in [-0.2, -0.15) is 5.10 Å². The van der Waals surface area contributed by atoms with E-state index in [0.717, 1.165) is 12.0 Å². The lowest BCUT2D eigenvalue weighted by Crippen LogP contribution is -2.18. The lowest BCUT2D eigenvalue weighted by atomic mass is 10.1. The van der Waals surface area contributed by atoms with E-state index < -0.39 is 0 Å². The first-order valence-corrected chi connectivity index (χ1v) is 8.34. The van der Waals surface area contributed by atoms with Crippen molar-refractivity contribution in [3.05, 3.63) is 58.1 Å². The highest BCUT2D eigenvalue weighted by Gasteiger charge is 2.11. The first-order valence-electron chi connectivity index (χ1n) is 7.96. The van der Waals surface area contributed by atoms with Gasteiger partial charge in [0.2, 0.25) is 0 Å². The molecule has 0 bridgehead atoms. The second kappa shape index (κ2) is 9.08. The zero-order valence-corrected chi connectivity index (χ0v) is 15.3. The van der Waals surface area contributed by atoms with Crippen molar-refractivity contribution in [2.75, 3.05) is 13.7 Å². The Morgan fingerprint density at radius 3 is 2.76 bits per heavy atom. The molecule has 0 saturated carbocycles. The maximum absolute atomic E-state index is 12.1. The Hall–Kier alpha value is -2.53. The van der Waals surface area contributed by atoms with Crippen molar-refractivity contribution in [3.63, 3.8) is 0 Å². The Morgan fingerprint density at radius 1 is 1.32 bits per heavy atom. The zero-order chi connectivity index (χ0) is 18.2. The predicted octanol–water partition coefficient (Wildman–Crippen LogP) is 4.21. The number of ether oxygens (including phenoxy) is 2. The number of halogens is 1. The summed E-state index contributed by atoms with van der Waals surface area (Å²) in [6.45, 7) is 4.44. The van der Waals surface area contributed by atoms with Crippen LogP contribution in [0.4, 0.5) is 0 Å². The minimum atomic E-state index is -0.268. The number of hydrazone groups is 1. The Morgan fingerprint density at radius 2 is 2.08 bits per heavy atom. The molecule has 0 aliphatic heterocycles. The molecular formula is C19H21ClN2O3. The Labute approximate surface area is 152 Å².